The molecule has 0 aromatic rings. The van der Waals surface area contributed by atoms with E-state index in [-0.39, 0.29) is 6.10 Å². The summed E-state index contributed by atoms with van der Waals surface area (Å²) in [7, 11) is -1.42. The third kappa shape index (κ3) is 3.28. The van der Waals surface area contributed by atoms with Gasteiger partial charge in [-0.05, 0) is 30.9 Å². The van der Waals surface area contributed by atoms with E-state index in [1.54, 1.807) is 0 Å². The van der Waals surface area contributed by atoms with E-state index < -0.39 is 8.07 Å². The van der Waals surface area contributed by atoms with Crippen molar-refractivity contribution < 1.29 is 4.74 Å². The van der Waals surface area contributed by atoms with Crippen molar-refractivity contribution in [3.8, 4) is 0 Å². The summed E-state index contributed by atoms with van der Waals surface area (Å²) < 4.78 is 6.44. The molecule has 0 N–H and O–H groups in total. The maximum absolute atomic E-state index is 6.76. The maximum atomic E-state index is 6.76. The summed E-state index contributed by atoms with van der Waals surface area (Å²) in [4.78, 5) is 0. The van der Waals surface area contributed by atoms with Crippen molar-refractivity contribution in [1.82, 2.24) is 0 Å². The van der Waals surface area contributed by atoms with Crippen LogP contribution in [0.3, 0.4) is 0 Å². The summed E-state index contributed by atoms with van der Waals surface area (Å²) in [5.41, 5.74) is 0. The quantitative estimate of drug-likeness (QED) is 0.624. The number of rotatable bonds is 2. The second-order valence-corrected chi connectivity index (χ2v) is 12.9. The van der Waals surface area contributed by atoms with Crippen molar-refractivity contribution in [1.29, 1.82) is 0 Å². The first-order valence-electron chi connectivity index (χ1n) is 7.88. The maximum Gasteiger partial charge on any atom is 0.0796 e. The molecule has 1 aliphatic carbocycles. The van der Waals surface area contributed by atoms with E-state index in [9.17, 15) is 0 Å². The van der Waals surface area contributed by atoms with Gasteiger partial charge >= 0.3 is 0 Å². The van der Waals surface area contributed by atoms with Crippen molar-refractivity contribution in [3.05, 3.63) is 10.2 Å². The Morgan fingerprint density at radius 1 is 1.05 bits per heavy atom. The monoisotopic (exact) mass is 300 g/mol. The molecule has 3 atom stereocenters. The van der Waals surface area contributed by atoms with Gasteiger partial charge in [0.05, 0.1) is 20.3 Å². The highest BCUT2D eigenvalue weighted by Gasteiger charge is 2.41. The second kappa shape index (κ2) is 5.91. The first-order chi connectivity index (χ1) is 8.82. The zero-order valence-corrected chi connectivity index (χ0v) is 14.9. The van der Waals surface area contributed by atoms with Gasteiger partial charge in [0.25, 0.3) is 0 Å². The molecule has 0 saturated heterocycles. The van der Waals surface area contributed by atoms with Gasteiger partial charge in [0, 0.05) is 11.0 Å². The van der Waals surface area contributed by atoms with Crippen LogP contribution in [0.15, 0.2) is 10.2 Å². The standard InChI is InChI=1S/C16H29ClOSi/c1-11-12(2)18-15(13-9-7-6-8-10-13)16(14(11)17)19(3,4)5/h11-13,15H,6-10H2,1-5H3/t11-,12-,15+/m0/s1. The fraction of sp³-hybridized carbons (Fsp3) is 0.875. The van der Waals surface area contributed by atoms with Crippen LogP contribution in [0.2, 0.25) is 19.6 Å². The van der Waals surface area contributed by atoms with Gasteiger partial charge in [-0.1, -0.05) is 57.4 Å². The van der Waals surface area contributed by atoms with Crippen molar-refractivity contribution >= 4 is 19.7 Å². The fourth-order valence-corrected chi connectivity index (χ4v) is 6.81. The lowest BCUT2D eigenvalue weighted by atomic mass is 9.83. The van der Waals surface area contributed by atoms with E-state index in [2.05, 4.69) is 33.5 Å². The van der Waals surface area contributed by atoms with Crippen molar-refractivity contribution in [2.24, 2.45) is 11.8 Å². The molecule has 0 aromatic carbocycles. The summed E-state index contributed by atoms with van der Waals surface area (Å²) in [6.07, 6.45) is 7.35. The summed E-state index contributed by atoms with van der Waals surface area (Å²) in [5, 5.41) is 2.64. The SMILES string of the molecule is C[C@@H]1O[C@H](C2CCCCC2)C([Si](C)(C)C)=C(Cl)[C@H]1C. The van der Waals surface area contributed by atoms with E-state index in [1.165, 1.54) is 37.3 Å². The average Bonchev–Trinajstić information content (AvgIpc) is 2.35. The minimum absolute atomic E-state index is 0.263. The summed E-state index contributed by atoms with van der Waals surface area (Å²) in [6, 6.07) is 0. The Labute approximate surface area is 124 Å². The highest BCUT2D eigenvalue weighted by molar-refractivity contribution is 6.84. The lowest BCUT2D eigenvalue weighted by Gasteiger charge is -2.44. The Bertz CT molecular complexity index is 352. The van der Waals surface area contributed by atoms with Crippen LogP contribution in [0.5, 0.6) is 0 Å². The highest BCUT2D eigenvalue weighted by Crippen LogP contribution is 2.43. The summed E-state index contributed by atoms with van der Waals surface area (Å²) in [6.45, 7) is 11.6. The van der Waals surface area contributed by atoms with Gasteiger partial charge in [0.15, 0.2) is 0 Å². The molecule has 2 rings (SSSR count). The smallest absolute Gasteiger partial charge is 0.0796 e. The molecule has 0 aromatic heterocycles. The molecular weight excluding hydrogens is 272 g/mol. The van der Waals surface area contributed by atoms with Crippen LogP contribution < -0.4 is 0 Å². The molecule has 1 heterocycles. The Balaban J connectivity index is 2.34. The van der Waals surface area contributed by atoms with Gasteiger partial charge in [-0.3, -0.25) is 0 Å². The topological polar surface area (TPSA) is 9.23 Å². The number of halogens is 1. The first kappa shape index (κ1) is 15.6. The van der Waals surface area contributed by atoms with E-state index in [1.807, 2.05) is 0 Å². The Hall–Kier alpha value is 0.207. The largest absolute Gasteiger partial charge is 0.370 e. The Kier molecular flexibility index (Phi) is 4.85. The molecule has 1 saturated carbocycles. The lowest BCUT2D eigenvalue weighted by molar-refractivity contribution is -0.0459. The summed E-state index contributed by atoms with van der Waals surface area (Å²) in [5.74, 6) is 1.07. The fourth-order valence-electron chi connectivity index (χ4n) is 3.57. The minimum Gasteiger partial charge on any atom is -0.370 e. The molecule has 0 amide bonds. The first-order valence-corrected chi connectivity index (χ1v) is 11.8. The van der Waals surface area contributed by atoms with Gasteiger partial charge in [0.1, 0.15) is 0 Å². The molecule has 2 aliphatic rings. The normalized spacial score (nSPS) is 34.7. The number of ether oxygens (including phenoxy) is 1. The van der Waals surface area contributed by atoms with Crippen LogP contribution in [0.25, 0.3) is 0 Å². The molecule has 0 radical (unpaired) electrons. The van der Waals surface area contributed by atoms with Crippen molar-refractivity contribution in [2.45, 2.75) is 77.8 Å². The minimum atomic E-state index is -1.42. The zero-order valence-electron chi connectivity index (χ0n) is 13.1. The summed E-state index contributed by atoms with van der Waals surface area (Å²) >= 11 is 6.76. The van der Waals surface area contributed by atoms with E-state index >= 15 is 0 Å². The second-order valence-electron chi connectivity index (χ2n) is 7.46. The van der Waals surface area contributed by atoms with Crippen LogP contribution in [0.4, 0.5) is 0 Å². The molecular formula is C16H29ClOSi. The van der Waals surface area contributed by atoms with Gasteiger partial charge in [-0.2, -0.15) is 0 Å². The van der Waals surface area contributed by atoms with Crippen LogP contribution >= 0.6 is 11.6 Å². The predicted octanol–water partition coefficient (Wildman–Crippen LogP) is 5.36. The number of hydrogen-bond donors (Lipinski definition) is 0. The molecule has 1 aliphatic heterocycles. The molecule has 110 valence electrons. The number of hydrogen-bond acceptors (Lipinski definition) is 1. The van der Waals surface area contributed by atoms with Crippen LogP contribution in [0, 0.1) is 11.8 Å². The van der Waals surface area contributed by atoms with E-state index in [0.29, 0.717) is 17.9 Å². The zero-order chi connectivity index (χ0) is 14.2. The van der Waals surface area contributed by atoms with E-state index in [4.69, 9.17) is 16.3 Å². The molecule has 1 nitrogen and oxygen atoms in total. The van der Waals surface area contributed by atoms with Crippen LogP contribution in [-0.2, 0) is 4.74 Å². The van der Waals surface area contributed by atoms with Gasteiger partial charge in [0.2, 0.25) is 0 Å². The van der Waals surface area contributed by atoms with Crippen molar-refractivity contribution in [2.75, 3.05) is 0 Å². The molecule has 0 bridgehead atoms. The van der Waals surface area contributed by atoms with Gasteiger partial charge in [-0.15, -0.1) is 0 Å². The van der Waals surface area contributed by atoms with E-state index in [0.717, 1.165) is 5.03 Å². The molecule has 0 spiro atoms. The molecule has 1 fully saturated rings. The molecule has 0 unspecified atom stereocenters. The van der Waals surface area contributed by atoms with Crippen LogP contribution in [0.1, 0.15) is 46.0 Å². The highest BCUT2D eigenvalue weighted by atomic mass is 35.5. The third-order valence-corrected chi connectivity index (χ3v) is 7.77. The average molecular weight is 301 g/mol. The Morgan fingerprint density at radius 3 is 2.16 bits per heavy atom. The molecule has 3 heteroatoms. The van der Waals surface area contributed by atoms with Crippen molar-refractivity contribution in [3.63, 3.8) is 0 Å². The van der Waals surface area contributed by atoms with Crippen LogP contribution in [-0.4, -0.2) is 20.3 Å². The Morgan fingerprint density at radius 2 is 1.63 bits per heavy atom. The lowest BCUT2D eigenvalue weighted by Crippen LogP contribution is -2.46. The predicted molar refractivity (Wildman–Crippen MR) is 86.3 cm³/mol. The van der Waals surface area contributed by atoms with Gasteiger partial charge in [-0.25, -0.2) is 0 Å². The molecule has 19 heavy (non-hydrogen) atoms. The third-order valence-electron chi connectivity index (χ3n) is 4.89. The van der Waals surface area contributed by atoms with Gasteiger partial charge < -0.3 is 4.74 Å².